The summed E-state index contributed by atoms with van der Waals surface area (Å²) < 4.78 is 38.5. The van der Waals surface area contributed by atoms with E-state index in [1.54, 1.807) is 18.2 Å². The van der Waals surface area contributed by atoms with Gasteiger partial charge >= 0.3 is 0 Å². The van der Waals surface area contributed by atoms with Crippen LogP contribution in [-0.4, -0.2) is 38.5 Å². The van der Waals surface area contributed by atoms with Crippen molar-refractivity contribution in [1.82, 2.24) is 9.97 Å². The standard InChI is InChI=1S/C19H17BrN4O5S/c1-28-16-8-3-12(20)11-15(16)18(25)23-13-4-6-14(7-5-13)30(26,27)24-17-19(29-2)22-10-9-21-17/h3-11H,1-2H3,(H,21,24)(H,23,25). The van der Waals surface area contributed by atoms with Gasteiger partial charge in [0.15, 0.2) is 0 Å². The quantitative estimate of drug-likeness (QED) is 0.518. The van der Waals surface area contributed by atoms with Crippen LogP contribution in [0.4, 0.5) is 11.5 Å². The van der Waals surface area contributed by atoms with Crippen LogP contribution < -0.4 is 19.5 Å². The van der Waals surface area contributed by atoms with E-state index in [1.807, 2.05) is 0 Å². The minimum atomic E-state index is -3.93. The molecule has 0 atom stereocenters. The molecule has 0 spiro atoms. The second kappa shape index (κ2) is 9.09. The Morgan fingerprint density at radius 1 is 1.00 bits per heavy atom. The molecule has 1 heterocycles. The molecule has 1 aromatic heterocycles. The summed E-state index contributed by atoms with van der Waals surface area (Å²) in [6.45, 7) is 0. The maximum Gasteiger partial charge on any atom is 0.263 e. The average molecular weight is 493 g/mol. The van der Waals surface area contributed by atoms with Gasteiger partial charge in [-0.05, 0) is 42.5 Å². The predicted octanol–water partition coefficient (Wildman–Crippen LogP) is 3.31. The molecular weight excluding hydrogens is 476 g/mol. The van der Waals surface area contributed by atoms with Gasteiger partial charge < -0.3 is 14.8 Å². The number of amides is 1. The summed E-state index contributed by atoms with van der Waals surface area (Å²) in [5.41, 5.74) is 0.748. The first-order chi connectivity index (χ1) is 14.3. The van der Waals surface area contributed by atoms with E-state index >= 15 is 0 Å². The summed E-state index contributed by atoms with van der Waals surface area (Å²) in [4.78, 5) is 20.4. The van der Waals surface area contributed by atoms with Crippen LogP contribution in [0.2, 0.25) is 0 Å². The Kier molecular flexibility index (Phi) is 6.53. The molecule has 3 aromatic rings. The normalized spacial score (nSPS) is 10.9. The summed E-state index contributed by atoms with van der Waals surface area (Å²) in [5, 5.41) is 2.71. The van der Waals surface area contributed by atoms with Gasteiger partial charge in [0.05, 0.1) is 24.7 Å². The summed E-state index contributed by atoms with van der Waals surface area (Å²) in [6, 6.07) is 10.7. The lowest BCUT2D eigenvalue weighted by Crippen LogP contribution is -2.16. The first-order valence-corrected chi connectivity index (χ1v) is 10.7. The molecule has 1 amide bonds. The van der Waals surface area contributed by atoms with Gasteiger partial charge in [0, 0.05) is 22.6 Å². The van der Waals surface area contributed by atoms with Crippen molar-refractivity contribution in [3.05, 3.63) is 64.9 Å². The van der Waals surface area contributed by atoms with Crippen LogP contribution in [-0.2, 0) is 10.0 Å². The van der Waals surface area contributed by atoms with E-state index < -0.39 is 15.9 Å². The molecule has 156 valence electrons. The van der Waals surface area contributed by atoms with E-state index in [1.165, 1.54) is 50.9 Å². The van der Waals surface area contributed by atoms with Gasteiger partial charge in [0.1, 0.15) is 5.75 Å². The fourth-order valence-electron chi connectivity index (χ4n) is 2.50. The van der Waals surface area contributed by atoms with Crippen LogP contribution in [0, 0.1) is 0 Å². The van der Waals surface area contributed by atoms with Crippen LogP contribution in [0.5, 0.6) is 11.6 Å². The highest BCUT2D eigenvalue weighted by atomic mass is 79.9. The molecule has 0 fully saturated rings. The maximum absolute atomic E-state index is 12.6. The topological polar surface area (TPSA) is 120 Å². The van der Waals surface area contributed by atoms with E-state index in [4.69, 9.17) is 9.47 Å². The number of anilines is 2. The molecule has 0 unspecified atom stereocenters. The Hall–Kier alpha value is -3.18. The molecule has 3 rings (SSSR count). The van der Waals surface area contributed by atoms with Crippen LogP contribution in [0.1, 0.15) is 10.4 Å². The zero-order valence-electron chi connectivity index (χ0n) is 15.9. The molecule has 0 aliphatic heterocycles. The van der Waals surface area contributed by atoms with Gasteiger partial charge in [-0.2, -0.15) is 0 Å². The molecule has 0 aliphatic rings. The molecule has 0 saturated heterocycles. The highest BCUT2D eigenvalue weighted by molar-refractivity contribution is 9.10. The zero-order chi connectivity index (χ0) is 21.7. The average Bonchev–Trinajstić information content (AvgIpc) is 2.74. The van der Waals surface area contributed by atoms with Crippen LogP contribution in [0.15, 0.2) is 64.2 Å². The Morgan fingerprint density at radius 2 is 1.70 bits per heavy atom. The van der Waals surface area contributed by atoms with Crippen molar-refractivity contribution in [3.8, 4) is 11.6 Å². The lowest BCUT2D eigenvalue weighted by Gasteiger charge is -2.11. The zero-order valence-corrected chi connectivity index (χ0v) is 18.3. The predicted molar refractivity (Wildman–Crippen MR) is 114 cm³/mol. The first kappa shape index (κ1) is 21.5. The SMILES string of the molecule is COc1ccc(Br)cc1C(=O)Nc1ccc(S(=O)(=O)Nc2nccnc2OC)cc1. The number of benzene rings is 2. The number of halogens is 1. The molecule has 9 nitrogen and oxygen atoms in total. The number of aromatic nitrogens is 2. The van der Waals surface area contributed by atoms with Crippen molar-refractivity contribution in [1.29, 1.82) is 0 Å². The monoisotopic (exact) mass is 492 g/mol. The van der Waals surface area contributed by atoms with E-state index in [2.05, 4.69) is 35.9 Å². The number of nitrogens with zero attached hydrogens (tertiary/aromatic N) is 2. The number of nitrogens with one attached hydrogen (secondary N) is 2. The van der Waals surface area contributed by atoms with E-state index in [-0.39, 0.29) is 16.6 Å². The second-order valence-electron chi connectivity index (χ2n) is 5.84. The number of rotatable bonds is 7. The highest BCUT2D eigenvalue weighted by Gasteiger charge is 2.19. The van der Waals surface area contributed by atoms with Crippen LogP contribution in [0.25, 0.3) is 0 Å². The van der Waals surface area contributed by atoms with E-state index in [0.717, 1.165) is 4.47 Å². The van der Waals surface area contributed by atoms with Crippen LogP contribution >= 0.6 is 15.9 Å². The minimum Gasteiger partial charge on any atom is -0.496 e. The van der Waals surface area contributed by atoms with Crippen molar-refractivity contribution in [2.24, 2.45) is 0 Å². The lowest BCUT2D eigenvalue weighted by molar-refractivity contribution is 0.102. The Balaban J connectivity index is 1.78. The van der Waals surface area contributed by atoms with Crippen molar-refractivity contribution in [2.75, 3.05) is 24.3 Å². The number of sulfonamides is 1. The van der Waals surface area contributed by atoms with Gasteiger partial charge in [-0.3, -0.25) is 9.52 Å². The fourth-order valence-corrected chi connectivity index (χ4v) is 3.87. The summed E-state index contributed by atoms with van der Waals surface area (Å²) >= 11 is 3.32. The second-order valence-corrected chi connectivity index (χ2v) is 8.44. The number of ether oxygens (including phenoxy) is 2. The van der Waals surface area contributed by atoms with Crippen molar-refractivity contribution < 1.29 is 22.7 Å². The van der Waals surface area contributed by atoms with Crippen LogP contribution in [0.3, 0.4) is 0 Å². The Bertz CT molecular complexity index is 1170. The number of carbonyl (C=O) groups is 1. The third-order valence-corrected chi connectivity index (χ3v) is 5.77. The number of carbonyl (C=O) groups excluding carboxylic acids is 1. The molecule has 11 heteroatoms. The minimum absolute atomic E-state index is 0.0201. The van der Waals surface area contributed by atoms with Crippen molar-refractivity contribution >= 4 is 43.4 Å². The van der Waals surface area contributed by atoms with Gasteiger partial charge in [-0.1, -0.05) is 15.9 Å². The first-order valence-electron chi connectivity index (χ1n) is 8.47. The molecule has 30 heavy (non-hydrogen) atoms. The summed E-state index contributed by atoms with van der Waals surface area (Å²) in [6.07, 6.45) is 2.73. The van der Waals surface area contributed by atoms with Gasteiger partial charge in [0.25, 0.3) is 21.8 Å². The molecule has 0 saturated carbocycles. The van der Waals surface area contributed by atoms with E-state index in [9.17, 15) is 13.2 Å². The smallest absolute Gasteiger partial charge is 0.263 e. The molecule has 0 bridgehead atoms. The van der Waals surface area contributed by atoms with Crippen molar-refractivity contribution in [3.63, 3.8) is 0 Å². The number of hydrogen-bond donors (Lipinski definition) is 2. The molecule has 0 aliphatic carbocycles. The molecular formula is C19H17BrN4O5S. The molecule has 2 aromatic carbocycles. The van der Waals surface area contributed by atoms with Gasteiger partial charge in [-0.15, -0.1) is 0 Å². The van der Waals surface area contributed by atoms with Gasteiger partial charge in [0.2, 0.25) is 5.82 Å². The highest BCUT2D eigenvalue weighted by Crippen LogP contribution is 2.25. The summed E-state index contributed by atoms with van der Waals surface area (Å²) in [5.74, 6) is 0.0373. The van der Waals surface area contributed by atoms with Gasteiger partial charge in [-0.25, -0.2) is 18.4 Å². The van der Waals surface area contributed by atoms with E-state index in [0.29, 0.717) is 17.0 Å². The third kappa shape index (κ3) is 4.86. The summed E-state index contributed by atoms with van der Waals surface area (Å²) in [7, 11) is -1.10. The number of hydrogen-bond acceptors (Lipinski definition) is 7. The molecule has 2 N–H and O–H groups in total. The molecule has 0 radical (unpaired) electrons. The fraction of sp³-hybridized carbons (Fsp3) is 0.105. The lowest BCUT2D eigenvalue weighted by atomic mass is 10.2. The maximum atomic E-state index is 12.6. The number of methoxy groups -OCH3 is 2. The third-order valence-electron chi connectivity index (χ3n) is 3.92. The Morgan fingerprint density at radius 3 is 2.37 bits per heavy atom. The largest absolute Gasteiger partial charge is 0.496 e. The Labute approximate surface area is 181 Å². The van der Waals surface area contributed by atoms with Crippen molar-refractivity contribution in [2.45, 2.75) is 4.90 Å².